The summed E-state index contributed by atoms with van der Waals surface area (Å²) >= 11 is 0. The summed E-state index contributed by atoms with van der Waals surface area (Å²) in [5.41, 5.74) is -0.940. The Labute approximate surface area is 129 Å². The fraction of sp³-hybridized carbons (Fsp3) is 0.400. The maximum atomic E-state index is 11.2. The average Bonchev–Trinajstić information content (AvgIpc) is 2.54. The highest BCUT2D eigenvalue weighted by molar-refractivity contribution is 5.82. The molecule has 0 saturated heterocycles. The van der Waals surface area contributed by atoms with Crippen molar-refractivity contribution < 1.29 is 28.6 Å². The Hall–Kier alpha value is -2.41. The van der Waals surface area contributed by atoms with Crippen LogP contribution in [-0.4, -0.2) is 51.3 Å². The Balaban J connectivity index is 5.03. The van der Waals surface area contributed by atoms with Gasteiger partial charge in [0.2, 0.25) is 0 Å². The zero-order valence-corrected chi connectivity index (χ0v) is 12.6. The van der Waals surface area contributed by atoms with Gasteiger partial charge in [-0.25, -0.2) is 14.4 Å². The Kier molecular flexibility index (Phi) is 9.20. The number of hydrogen-bond acceptors (Lipinski definition) is 7. The molecule has 7 nitrogen and oxygen atoms in total. The van der Waals surface area contributed by atoms with E-state index in [1.807, 2.05) is 0 Å². The van der Waals surface area contributed by atoms with Gasteiger partial charge in [-0.05, 0) is 7.05 Å². The van der Waals surface area contributed by atoms with Crippen molar-refractivity contribution in [3.05, 3.63) is 38.0 Å². The molecule has 0 radical (unpaired) electrons. The number of carbonyl (C=O) groups excluding carboxylic acids is 3. The van der Waals surface area contributed by atoms with Crippen LogP contribution < -0.4 is 5.32 Å². The van der Waals surface area contributed by atoms with Gasteiger partial charge in [0.15, 0.2) is 0 Å². The van der Waals surface area contributed by atoms with E-state index in [-0.39, 0.29) is 26.4 Å². The van der Waals surface area contributed by atoms with E-state index >= 15 is 0 Å². The predicted octanol–water partition coefficient (Wildman–Crippen LogP) is 0.380. The molecule has 0 atom stereocenters. The molecule has 0 unspecified atom stereocenters. The summed E-state index contributed by atoms with van der Waals surface area (Å²) in [7, 11) is 1.66. The van der Waals surface area contributed by atoms with Crippen molar-refractivity contribution in [3.8, 4) is 0 Å². The second kappa shape index (κ2) is 10.3. The molecule has 0 aromatic heterocycles. The molecule has 0 fully saturated rings. The molecule has 0 aromatic rings. The highest BCUT2D eigenvalue weighted by atomic mass is 16.6. The van der Waals surface area contributed by atoms with Gasteiger partial charge in [0.05, 0.1) is 5.41 Å². The van der Waals surface area contributed by atoms with E-state index in [0.717, 1.165) is 18.2 Å². The summed E-state index contributed by atoms with van der Waals surface area (Å²) in [6, 6.07) is 0. The molecular formula is C15H21NO6. The van der Waals surface area contributed by atoms with Gasteiger partial charge >= 0.3 is 17.9 Å². The Bertz CT molecular complexity index is 384. The third kappa shape index (κ3) is 7.39. The second-order valence-corrected chi connectivity index (χ2v) is 4.47. The van der Waals surface area contributed by atoms with E-state index in [4.69, 9.17) is 14.2 Å². The van der Waals surface area contributed by atoms with Crippen LogP contribution in [0.15, 0.2) is 38.0 Å². The lowest BCUT2D eigenvalue weighted by atomic mass is 9.91. The van der Waals surface area contributed by atoms with Crippen molar-refractivity contribution >= 4 is 17.9 Å². The Morgan fingerprint density at radius 3 is 1.41 bits per heavy atom. The van der Waals surface area contributed by atoms with Crippen LogP contribution in [0.2, 0.25) is 0 Å². The molecule has 1 N–H and O–H groups in total. The van der Waals surface area contributed by atoms with Crippen molar-refractivity contribution in [2.75, 3.05) is 33.4 Å². The van der Waals surface area contributed by atoms with Gasteiger partial charge in [0.25, 0.3) is 0 Å². The molecule has 0 rings (SSSR count). The van der Waals surface area contributed by atoms with E-state index in [0.29, 0.717) is 0 Å². The van der Waals surface area contributed by atoms with Crippen LogP contribution in [0.3, 0.4) is 0 Å². The van der Waals surface area contributed by atoms with Crippen LogP contribution in [0.25, 0.3) is 0 Å². The van der Waals surface area contributed by atoms with Crippen LogP contribution in [0.1, 0.15) is 0 Å². The molecule has 0 aliphatic carbocycles. The molecule has 0 aliphatic rings. The largest absolute Gasteiger partial charge is 0.462 e. The van der Waals surface area contributed by atoms with E-state index in [9.17, 15) is 14.4 Å². The van der Waals surface area contributed by atoms with Crippen LogP contribution in [0, 0.1) is 5.41 Å². The van der Waals surface area contributed by atoms with Crippen LogP contribution in [0.4, 0.5) is 0 Å². The lowest BCUT2D eigenvalue weighted by Gasteiger charge is -2.31. The number of esters is 3. The molecule has 0 heterocycles. The molecule has 0 aromatic carbocycles. The standard InChI is InChI=1S/C15H21NO6/c1-5-12(17)20-9-15(8-16-4,10-21-13(18)6-2)11-22-14(19)7-3/h5-7,16H,1-3,8-11H2,4H3. The molecule has 0 aliphatic heterocycles. The molecular weight excluding hydrogens is 290 g/mol. The summed E-state index contributed by atoms with van der Waals surface area (Å²) in [5.74, 6) is -1.90. The fourth-order valence-corrected chi connectivity index (χ4v) is 1.50. The topological polar surface area (TPSA) is 90.9 Å². The van der Waals surface area contributed by atoms with Crippen molar-refractivity contribution in [2.24, 2.45) is 5.41 Å². The number of ether oxygens (including phenoxy) is 3. The van der Waals surface area contributed by atoms with Gasteiger partial charge in [-0.3, -0.25) is 0 Å². The first-order valence-electron chi connectivity index (χ1n) is 6.45. The summed E-state index contributed by atoms with van der Waals surface area (Å²) in [5, 5.41) is 2.88. The molecule has 122 valence electrons. The summed E-state index contributed by atoms with van der Waals surface area (Å²) < 4.78 is 15.0. The van der Waals surface area contributed by atoms with E-state index in [2.05, 4.69) is 25.1 Å². The second-order valence-electron chi connectivity index (χ2n) is 4.47. The highest BCUT2D eigenvalue weighted by Crippen LogP contribution is 2.19. The first kappa shape index (κ1) is 19.6. The Morgan fingerprint density at radius 2 is 1.18 bits per heavy atom. The third-order valence-corrected chi connectivity index (χ3v) is 2.61. The number of rotatable bonds is 11. The molecule has 0 spiro atoms. The lowest BCUT2D eigenvalue weighted by Crippen LogP contribution is -2.46. The average molecular weight is 311 g/mol. The lowest BCUT2D eigenvalue weighted by molar-refractivity contribution is -0.155. The maximum Gasteiger partial charge on any atom is 0.330 e. The van der Waals surface area contributed by atoms with Crippen LogP contribution in [-0.2, 0) is 28.6 Å². The van der Waals surface area contributed by atoms with E-state index in [1.54, 1.807) is 7.05 Å². The number of carbonyl (C=O) groups is 3. The quantitative estimate of drug-likeness (QED) is 0.335. The summed E-state index contributed by atoms with van der Waals surface area (Å²) in [6.07, 6.45) is 3.03. The van der Waals surface area contributed by atoms with Gasteiger partial charge in [0.1, 0.15) is 19.8 Å². The van der Waals surface area contributed by atoms with Crippen molar-refractivity contribution in [1.82, 2.24) is 5.32 Å². The number of nitrogens with one attached hydrogen (secondary N) is 1. The molecule has 22 heavy (non-hydrogen) atoms. The molecule has 0 saturated carbocycles. The first-order valence-corrected chi connectivity index (χ1v) is 6.45. The normalized spacial score (nSPS) is 10.2. The van der Waals surface area contributed by atoms with E-state index in [1.165, 1.54) is 0 Å². The van der Waals surface area contributed by atoms with Crippen molar-refractivity contribution in [3.63, 3.8) is 0 Å². The fourth-order valence-electron chi connectivity index (χ4n) is 1.50. The molecule has 0 amide bonds. The molecule has 7 heteroatoms. The van der Waals surface area contributed by atoms with Gasteiger partial charge in [-0.2, -0.15) is 0 Å². The summed E-state index contributed by atoms with van der Waals surface area (Å²) in [6.45, 7) is 9.76. The zero-order valence-electron chi connectivity index (χ0n) is 12.6. The van der Waals surface area contributed by atoms with Crippen molar-refractivity contribution in [2.45, 2.75) is 0 Å². The maximum absolute atomic E-state index is 11.2. The van der Waals surface area contributed by atoms with Gasteiger partial charge in [-0.15, -0.1) is 0 Å². The zero-order chi connectivity index (χ0) is 17.0. The third-order valence-electron chi connectivity index (χ3n) is 2.61. The minimum Gasteiger partial charge on any atom is -0.462 e. The van der Waals surface area contributed by atoms with E-state index < -0.39 is 23.3 Å². The monoisotopic (exact) mass is 311 g/mol. The SMILES string of the molecule is C=CC(=O)OCC(CNC)(COC(=O)C=C)COC(=O)C=C. The van der Waals surface area contributed by atoms with Gasteiger partial charge < -0.3 is 19.5 Å². The summed E-state index contributed by atoms with van der Waals surface area (Å²) in [4.78, 5) is 33.7. The van der Waals surface area contributed by atoms with Gasteiger partial charge in [-0.1, -0.05) is 19.7 Å². The van der Waals surface area contributed by atoms with Crippen LogP contribution in [0.5, 0.6) is 0 Å². The first-order chi connectivity index (χ1) is 10.4. The van der Waals surface area contributed by atoms with Gasteiger partial charge in [0, 0.05) is 24.8 Å². The minimum absolute atomic E-state index is 0.131. The smallest absolute Gasteiger partial charge is 0.330 e. The Morgan fingerprint density at radius 1 is 0.864 bits per heavy atom. The predicted molar refractivity (Wildman–Crippen MR) is 79.8 cm³/mol. The highest BCUT2D eigenvalue weighted by Gasteiger charge is 2.35. The minimum atomic E-state index is -0.940. The molecule has 0 bridgehead atoms. The van der Waals surface area contributed by atoms with Crippen molar-refractivity contribution in [1.29, 1.82) is 0 Å². The number of hydrogen-bond donors (Lipinski definition) is 1. The van der Waals surface area contributed by atoms with Crippen LogP contribution >= 0.6 is 0 Å².